The summed E-state index contributed by atoms with van der Waals surface area (Å²) in [5.74, 6) is 0. The number of nitrogens with zero attached hydrogens (tertiary/aromatic N) is 3. The van der Waals surface area contributed by atoms with Gasteiger partial charge in [0.1, 0.15) is 0 Å². The van der Waals surface area contributed by atoms with Crippen molar-refractivity contribution >= 4 is 34.2 Å². The number of aliphatic hydroxyl groups excluding tert-OH is 1. The molecule has 5 heteroatoms. The monoisotopic (exact) mass is 346 g/mol. The predicted octanol–water partition coefficient (Wildman–Crippen LogP) is 4.04. The number of likely N-dealkylation sites (N-methyl/N-ethyl adjacent to an activating group) is 1. The molecule has 0 atom stereocenters. The van der Waals surface area contributed by atoms with E-state index in [4.69, 9.17) is 10.4 Å². The lowest BCUT2D eigenvalue weighted by Gasteiger charge is -2.35. The molecule has 0 spiro atoms. The summed E-state index contributed by atoms with van der Waals surface area (Å²) in [5, 5.41) is 17.4. The normalized spacial score (nSPS) is 15.8. The van der Waals surface area contributed by atoms with Crippen LogP contribution in [0.15, 0.2) is 65.3 Å². The van der Waals surface area contributed by atoms with E-state index in [-0.39, 0.29) is 6.61 Å². The SMILES string of the molecule is CN(CCO)c1ccc2c(c1)N(c1ccccc1)C1=CC(=N)CCC1=N2. The molecule has 0 saturated carbocycles. The van der Waals surface area contributed by atoms with Gasteiger partial charge in [0.2, 0.25) is 0 Å². The molecular formula is C21H22N4O. The van der Waals surface area contributed by atoms with Gasteiger partial charge in [-0.25, -0.2) is 4.99 Å². The number of para-hydroxylation sites is 1. The van der Waals surface area contributed by atoms with Crippen molar-refractivity contribution in [2.45, 2.75) is 12.8 Å². The van der Waals surface area contributed by atoms with E-state index in [0.717, 1.165) is 47.0 Å². The fourth-order valence-electron chi connectivity index (χ4n) is 3.44. The molecule has 26 heavy (non-hydrogen) atoms. The van der Waals surface area contributed by atoms with Crippen molar-refractivity contribution in [2.24, 2.45) is 4.99 Å². The number of hydrogen-bond acceptors (Lipinski definition) is 5. The minimum atomic E-state index is 0.112. The second kappa shape index (κ2) is 6.77. The van der Waals surface area contributed by atoms with Crippen LogP contribution in [0.1, 0.15) is 12.8 Å². The average Bonchev–Trinajstić information content (AvgIpc) is 2.66. The van der Waals surface area contributed by atoms with Gasteiger partial charge in [0.05, 0.1) is 29.4 Å². The molecule has 0 radical (unpaired) electrons. The maximum Gasteiger partial charge on any atom is 0.0875 e. The number of anilines is 3. The van der Waals surface area contributed by atoms with Crippen LogP contribution in [0.3, 0.4) is 0 Å². The summed E-state index contributed by atoms with van der Waals surface area (Å²) in [5.41, 5.74) is 6.69. The van der Waals surface area contributed by atoms with Crippen LogP contribution >= 0.6 is 0 Å². The number of nitrogens with one attached hydrogen (secondary N) is 1. The van der Waals surface area contributed by atoms with Crippen LogP contribution < -0.4 is 9.80 Å². The minimum Gasteiger partial charge on any atom is -0.395 e. The van der Waals surface area contributed by atoms with E-state index >= 15 is 0 Å². The topological polar surface area (TPSA) is 62.9 Å². The lowest BCUT2D eigenvalue weighted by Crippen LogP contribution is -2.30. The maximum absolute atomic E-state index is 9.24. The van der Waals surface area contributed by atoms with Gasteiger partial charge in [-0.1, -0.05) is 18.2 Å². The third-order valence-corrected chi connectivity index (χ3v) is 4.82. The van der Waals surface area contributed by atoms with Crippen LogP contribution in [0, 0.1) is 5.41 Å². The quantitative estimate of drug-likeness (QED) is 0.878. The van der Waals surface area contributed by atoms with Gasteiger partial charge in [0.15, 0.2) is 0 Å². The van der Waals surface area contributed by atoms with Gasteiger partial charge in [-0.3, -0.25) is 0 Å². The van der Waals surface area contributed by atoms with Gasteiger partial charge >= 0.3 is 0 Å². The third-order valence-electron chi connectivity index (χ3n) is 4.82. The van der Waals surface area contributed by atoms with Gasteiger partial charge in [-0.2, -0.15) is 0 Å². The first-order valence-electron chi connectivity index (χ1n) is 8.85. The van der Waals surface area contributed by atoms with Crippen molar-refractivity contribution in [1.82, 2.24) is 0 Å². The van der Waals surface area contributed by atoms with Crippen LogP contribution in [-0.4, -0.2) is 36.7 Å². The first kappa shape index (κ1) is 16.5. The number of benzene rings is 2. The van der Waals surface area contributed by atoms with E-state index in [9.17, 15) is 5.11 Å². The van der Waals surface area contributed by atoms with Gasteiger partial charge in [-0.05, 0) is 49.2 Å². The summed E-state index contributed by atoms with van der Waals surface area (Å²) >= 11 is 0. The zero-order valence-corrected chi connectivity index (χ0v) is 14.8. The zero-order valence-electron chi connectivity index (χ0n) is 14.8. The summed E-state index contributed by atoms with van der Waals surface area (Å²) in [6, 6.07) is 16.4. The molecule has 2 N–H and O–H groups in total. The Labute approximate surface area is 153 Å². The Bertz CT molecular complexity index is 901. The Kier molecular flexibility index (Phi) is 4.31. The zero-order chi connectivity index (χ0) is 18.1. The van der Waals surface area contributed by atoms with E-state index in [1.165, 1.54) is 0 Å². The Morgan fingerprint density at radius 2 is 1.96 bits per heavy atom. The van der Waals surface area contributed by atoms with Gasteiger partial charge in [0, 0.05) is 30.7 Å². The standard InChI is InChI=1S/C21H22N4O/c1-24(11-12-26)17-8-10-19-21(14-17)25(16-5-3-2-4-6-16)20-13-15(22)7-9-18(20)23-19/h2-6,8,10,13-14,22,26H,7,9,11-12H2,1H3. The molecule has 0 bridgehead atoms. The number of aliphatic imine (C=N–C) groups is 1. The molecule has 4 rings (SSSR count). The van der Waals surface area contributed by atoms with E-state index in [1.54, 1.807) is 0 Å². The van der Waals surface area contributed by atoms with Crippen LogP contribution in [0.2, 0.25) is 0 Å². The fourth-order valence-corrected chi connectivity index (χ4v) is 3.44. The number of aliphatic hydroxyl groups is 1. The first-order chi connectivity index (χ1) is 12.7. The molecule has 0 fully saturated rings. The maximum atomic E-state index is 9.24. The molecule has 0 saturated heterocycles. The Balaban J connectivity index is 1.89. The van der Waals surface area contributed by atoms with Crippen molar-refractivity contribution in [2.75, 3.05) is 30.0 Å². The van der Waals surface area contributed by atoms with Crippen molar-refractivity contribution in [3.63, 3.8) is 0 Å². The van der Waals surface area contributed by atoms with E-state index in [1.807, 2.05) is 48.4 Å². The molecule has 0 aromatic heterocycles. The van der Waals surface area contributed by atoms with E-state index in [2.05, 4.69) is 23.1 Å². The summed E-state index contributed by atoms with van der Waals surface area (Å²) in [6.07, 6.45) is 3.46. The Hall–Kier alpha value is -2.92. The van der Waals surface area contributed by atoms with Gasteiger partial charge in [-0.15, -0.1) is 0 Å². The molecule has 1 aliphatic heterocycles. The lowest BCUT2D eigenvalue weighted by molar-refractivity contribution is 0.304. The van der Waals surface area contributed by atoms with Gasteiger partial charge < -0.3 is 20.3 Å². The molecule has 0 amide bonds. The predicted molar refractivity (Wildman–Crippen MR) is 108 cm³/mol. The van der Waals surface area contributed by atoms with Gasteiger partial charge in [0.25, 0.3) is 0 Å². The highest BCUT2D eigenvalue weighted by Gasteiger charge is 2.29. The summed E-state index contributed by atoms with van der Waals surface area (Å²) in [6.45, 7) is 0.687. The molecule has 2 aromatic rings. The number of allylic oxidation sites excluding steroid dienone is 2. The number of fused-ring (bicyclic) bond motifs is 2. The molecule has 5 nitrogen and oxygen atoms in total. The van der Waals surface area contributed by atoms with E-state index < -0.39 is 0 Å². The second-order valence-electron chi connectivity index (χ2n) is 6.60. The molecule has 2 aromatic carbocycles. The largest absolute Gasteiger partial charge is 0.395 e. The van der Waals surface area contributed by atoms with Crippen molar-refractivity contribution in [1.29, 1.82) is 5.41 Å². The third kappa shape index (κ3) is 2.91. The van der Waals surface area contributed by atoms with Crippen LogP contribution in [0.4, 0.5) is 22.7 Å². The number of rotatable bonds is 4. The summed E-state index contributed by atoms with van der Waals surface area (Å²) in [4.78, 5) is 9.09. The molecule has 0 unspecified atom stereocenters. The highest BCUT2D eigenvalue weighted by Crippen LogP contribution is 2.44. The average molecular weight is 346 g/mol. The summed E-state index contributed by atoms with van der Waals surface area (Å²) in [7, 11) is 1.97. The van der Waals surface area contributed by atoms with Crippen molar-refractivity contribution in [3.8, 4) is 0 Å². The lowest BCUT2D eigenvalue weighted by atomic mass is 9.96. The van der Waals surface area contributed by atoms with Crippen molar-refractivity contribution < 1.29 is 5.11 Å². The minimum absolute atomic E-state index is 0.112. The molecule has 1 aliphatic carbocycles. The molecule has 2 aliphatic rings. The summed E-state index contributed by atoms with van der Waals surface area (Å²) < 4.78 is 0. The second-order valence-corrected chi connectivity index (χ2v) is 6.60. The first-order valence-corrected chi connectivity index (χ1v) is 8.85. The number of hydrogen-bond donors (Lipinski definition) is 2. The Morgan fingerprint density at radius 3 is 2.73 bits per heavy atom. The van der Waals surface area contributed by atoms with Crippen molar-refractivity contribution in [3.05, 3.63) is 60.3 Å². The van der Waals surface area contributed by atoms with Crippen LogP contribution in [0.25, 0.3) is 0 Å². The highest BCUT2D eigenvalue weighted by molar-refractivity contribution is 6.17. The van der Waals surface area contributed by atoms with Crippen LogP contribution in [0.5, 0.6) is 0 Å². The smallest absolute Gasteiger partial charge is 0.0875 e. The molecular weight excluding hydrogens is 324 g/mol. The fraction of sp³-hybridized carbons (Fsp3) is 0.238. The van der Waals surface area contributed by atoms with E-state index in [0.29, 0.717) is 12.3 Å². The molecule has 1 heterocycles. The van der Waals surface area contributed by atoms with Crippen LogP contribution in [-0.2, 0) is 0 Å². The Morgan fingerprint density at radius 1 is 1.15 bits per heavy atom. The highest BCUT2D eigenvalue weighted by atomic mass is 16.3. The molecule has 132 valence electrons.